The van der Waals surface area contributed by atoms with E-state index in [4.69, 9.17) is 0 Å². The summed E-state index contributed by atoms with van der Waals surface area (Å²) < 4.78 is 0. The van der Waals surface area contributed by atoms with Gasteiger partial charge in [0.2, 0.25) is 0 Å². The van der Waals surface area contributed by atoms with Crippen molar-refractivity contribution < 1.29 is 0 Å². The molecule has 1 nitrogen and oxygen atoms in total. The lowest BCUT2D eigenvalue weighted by Crippen LogP contribution is -2.42. The van der Waals surface area contributed by atoms with Gasteiger partial charge in [0, 0.05) is 24.7 Å². The maximum atomic E-state index is 4.41. The van der Waals surface area contributed by atoms with Crippen molar-refractivity contribution in [2.45, 2.75) is 103 Å². The summed E-state index contributed by atoms with van der Waals surface area (Å²) in [6, 6.07) is 0.757. The van der Waals surface area contributed by atoms with E-state index in [-0.39, 0.29) is 0 Å². The Balaban J connectivity index is 1.32. The Bertz CT molecular complexity index is 693. The van der Waals surface area contributed by atoms with Crippen LogP contribution in [0.4, 0.5) is 0 Å². The van der Waals surface area contributed by atoms with E-state index in [2.05, 4.69) is 43.7 Å². The zero-order chi connectivity index (χ0) is 20.7. The summed E-state index contributed by atoms with van der Waals surface area (Å²) in [5.41, 5.74) is 3.84. The van der Waals surface area contributed by atoms with Crippen LogP contribution in [0.2, 0.25) is 0 Å². The van der Waals surface area contributed by atoms with Crippen LogP contribution < -0.4 is 0 Å². The van der Waals surface area contributed by atoms with Crippen molar-refractivity contribution >= 4 is 0 Å². The second kappa shape index (κ2) is 8.51. The Kier molecular flexibility index (Phi) is 5.93. The van der Waals surface area contributed by atoms with E-state index in [9.17, 15) is 0 Å². The van der Waals surface area contributed by atoms with Crippen LogP contribution in [-0.2, 0) is 0 Å². The molecule has 0 radical (unpaired) electrons. The number of hydrogen-bond acceptors (Lipinski definition) is 1. The van der Waals surface area contributed by atoms with Crippen molar-refractivity contribution in [2.75, 3.05) is 7.05 Å². The van der Waals surface area contributed by atoms with Crippen molar-refractivity contribution in [3.63, 3.8) is 0 Å². The van der Waals surface area contributed by atoms with Crippen molar-refractivity contribution in [1.82, 2.24) is 4.90 Å². The molecule has 0 saturated heterocycles. The molecule has 1 heteroatoms. The number of fused-ring (bicyclic) bond motifs is 3. The highest BCUT2D eigenvalue weighted by atomic mass is 15.2. The Morgan fingerprint density at radius 3 is 2.43 bits per heavy atom. The first kappa shape index (κ1) is 20.9. The van der Waals surface area contributed by atoms with Crippen LogP contribution in [0.15, 0.2) is 36.1 Å². The third-order valence-electron chi connectivity index (χ3n) is 10.4. The van der Waals surface area contributed by atoms with Gasteiger partial charge in [-0.25, -0.2) is 0 Å². The predicted molar refractivity (Wildman–Crippen MR) is 128 cm³/mol. The molecule has 0 heterocycles. The third kappa shape index (κ3) is 3.43. The SMILES string of the molecule is C=CC1(C)C2CCCCC2C2CCC=C(N(C)C3CCC(C4=CCCCC4)CC3)C21. The molecule has 0 amide bonds. The summed E-state index contributed by atoms with van der Waals surface area (Å²) in [6.07, 6.45) is 27.4. The predicted octanol–water partition coefficient (Wildman–Crippen LogP) is 7.90. The summed E-state index contributed by atoms with van der Waals surface area (Å²) >= 11 is 0. The minimum atomic E-state index is 0.306. The van der Waals surface area contributed by atoms with Gasteiger partial charge in [-0.05, 0) is 106 Å². The highest BCUT2D eigenvalue weighted by Crippen LogP contribution is 2.64. The van der Waals surface area contributed by atoms with Crippen molar-refractivity contribution in [3.8, 4) is 0 Å². The standard InChI is InChI=1S/C29H45N/c1-4-29(2)26-15-9-8-13-24(26)25-14-10-16-27(28(25)29)30(3)23-19-17-22(18-20-23)21-11-6-5-7-12-21/h4,11,16,22-26,28H,1,5-10,12-15,17-20H2,2-3H3. The van der Waals surface area contributed by atoms with E-state index in [1.54, 1.807) is 5.70 Å². The lowest BCUT2D eigenvalue weighted by molar-refractivity contribution is 0.138. The van der Waals surface area contributed by atoms with Crippen LogP contribution in [0.5, 0.6) is 0 Å². The van der Waals surface area contributed by atoms with Gasteiger partial charge in [-0.1, -0.05) is 43.6 Å². The van der Waals surface area contributed by atoms with Crippen LogP contribution in [0, 0.1) is 35.0 Å². The first-order chi connectivity index (χ1) is 14.6. The molecule has 3 saturated carbocycles. The summed E-state index contributed by atoms with van der Waals surface area (Å²) in [6.45, 7) is 6.99. The van der Waals surface area contributed by atoms with E-state index in [1.165, 1.54) is 89.9 Å². The molecule has 166 valence electrons. The Morgan fingerprint density at radius 2 is 1.70 bits per heavy atom. The molecule has 0 aliphatic heterocycles. The largest absolute Gasteiger partial charge is 0.375 e. The molecule has 5 rings (SSSR count). The van der Waals surface area contributed by atoms with E-state index in [0.29, 0.717) is 5.41 Å². The minimum Gasteiger partial charge on any atom is -0.375 e. The summed E-state index contributed by atoms with van der Waals surface area (Å²) in [5.74, 6) is 4.36. The molecule has 5 unspecified atom stereocenters. The van der Waals surface area contributed by atoms with Gasteiger partial charge in [0.05, 0.1) is 0 Å². The van der Waals surface area contributed by atoms with Crippen LogP contribution in [0.1, 0.15) is 96.8 Å². The molecule has 5 atom stereocenters. The van der Waals surface area contributed by atoms with Crippen LogP contribution in [0.3, 0.4) is 0 Å². The van der Waals surface area contributed by atoms with Crippen molar-refractivity contribution in [2.24, 2.45) is 35.0 Å². The fourth-order valence-corrected chi connectivity index (χ4v) is 8.77. The maximum Gasteiger partial charge on any atom is 0.0284 e. The zero-order valence-electron chi connectivity index (χ0n) is 19.7. The van der Waals surface area contributed by atoms with Gasteiger partial charge in [0.1, 0.15) is 0 Å². The molecule has 5 aliphatic carbocycles. The summed E-state index contributed by atoms with van der Waals surface area (Å²) in [4.78, 5) is 2.78. The molecule has 0 aromatic carbocycles. The minimum absolute atomic E-state index is 0.306. The van der Waals surface area contributed by atoms with Gasteiger partial charge >= 0.3 is 0 Å². The van der Waals surface area contributed by atoms with Crippen molar-refractivity contribution in [1.29, 1.82) is 0 Å². The van der Waals surface area contributed by atoms with E-state index in [0.717, 1.165) is 35.6 Å². The van der Waals surface area contributed by atoms with Gasteiger partial charge in [0.25, 0.3) is 0 Å². The zero-order valence-corrected chi connectivity index (χ0v) is 19.7. The maximum absolute atomic E-state index is 4.41. The molecule has 0 bridgehead atoms. The van der Waals surface area contributed by atoms with E-state index in [1.807, 2.05) is 5.57 Å². The van der Waals surface area contributed by atoms with Gasteiger partial charge in [-0.3, -0.25) is 0 Å². The lowest BCUT2D eigenvalue weighted by Gasteiger charge is -2.46. The molecule has 30 heavy (non-hydrogen) atoms. The van der Waals surface area contributed by atoms with Crippen molar-refractivity contribution in [3.05, 3.63) is 36.1 Å². The number of nitrogens with zero attached hydrogens (tertiary/aromatic N) is 1. The highest BCUT2D eigenvalue weighted by molar-refractivity contribution is 5.25. The van der Waals surface area contributed by atoms with Crippen LogP contribution in [0.25, 0.3) is 0 Å². The van der Waals surface area contributed by atoms with E-state index >= 15 is 0 Å². The molecular formula is C29H45N. The van der Waals surface area contributed by atoms with Crippen LogP contribution in [-0.4, -0.2) is 18.0 Å². The van der Waals surface area contributed by atoms with Gasteiger partial charge in [-0.2, -0.15) is 0 Å². The molecule has 0 spiro atoms. The monoisotopic (exact) mass is 407 g/mol. The first-order valence-corrected chi connectivity index (χ1v) is 13.4. The van der Waals surface area contributed by atoms with Gasteiger partial charge < -0.3 is 4.90 Å². The quantitative estimate of drug-likeness (QED) is 0.428. The molecule has 3 fully saturated rings. The Hall–Kier alpha value is -0.980. The average Bonchev–Trinajstić information content (AvgIpc) is 3.09. The second-order valence-electron chi connectivity index (χ2n) is 11.6. The Morgan fingerprint density at radius 1 is 0.900 bits per heavy atom. The smallest absolute Gasteiger partial charge is 0.0284 e. The highest BCUT2D eigenvalue weighted by Gasteiger charge is 2.58. The fourth-order valence-electron chi connectivity index (χ4n) is 8.77. The molecule has 5 aliphatic rings. The average molecular weight is 408 g/mol. The van der Waals surface area contributed by atoms with E-state index < -0.39 is 0 Å². The molecule has 0 aromatic heterocycles. The van der Waals surface area contributed by atoms with Crippen LogP contribution >= 0.6 is 0 Å². The number of hydrogen-bond donors (Lipinski definition) is 0. The summed E-state index contributed by atoms with van der Waals surface area (Å²) in [5, 5.41) is 0. The fraction of sp³-hybridized carbons (Fsp3) is 0.793. The molecule has 0 N–H and O–H groups in total. The van der Waals surface area contributed by atoms with Gasteiger partial charge in [-0.15, -0.1) is 6.58 Å². The first-order valence-electron chi connectivity index (χ1n) is 13.4. The Labute approximate surface area is 186 Å². The topological polar surface area (TPSA) is 3.24 Å². The second-order valence-corrected chi connectivity index (χ2v) is 11.6. The lowest BCUT2D eigenvalue weighted by atomic mass is 9.67. The number of rotatable bonds is 4. The third-order valence-corrected chi connectivity index (χ3v) is 10.4. The molecular weight excluding hydrogens is 362 g/mol. The van der Waals surface area contributed by atoms with Gasteiger partial charge in [0.15, 0.2) is 0 Å². The summed E-state index contributed by atoms with van der Waals surface area (Å²) in [7, 11) is 2.45. The normalized spacial score (nSPS) is 43.8. The number of allylic oxidation sites excluding steroid dienone is 5. The molecule has 0 aromatic rings.